The minimum absolute atomic E-state index is 0.134. The third-order valence-corrected chi connectivity index (χ3v) is 3.83. The topological polar surface area (TPSA) is 95.7 Å². The maximum absolute atomic E-state index is 10.9. The fourth-order valence-electron chi connectivity index (χ4n) is 2.50. The van der Waals surface area contributed by atoms with Crippen molar-refractivity contribution in [3.8, 4) is 0 Å². The predicted molar refractivity (Wildman–Crippen MR) is 77.3 cm³/mol. The van der Waals surface area contributed by atoms with E-state index in [9.17, 15) is 14.9 Å². The molecule has 0 spiro atoms. The normalized spacial score (nSPS) is 16.0. The Morgan fingerprint density at radius 2 is 2.14 bits per heavy atom. The van der Waals surface area contributed by atoms with E-state index in [1.165, 1.54) is 4.90 Å². The number of likely N-dealkylation sites (tertiary alicyclic amines) is 1. The standard InChI is InChI=1S/C14H19N3O4/c1-10-2-3-11(8-13(10)17(20)21)9-15-12-4-6-16(7-5-12)14(18)19/h2-3,8,12,15H,4-7,9H2,1H3,(H,18,19). The number of nitrogens with zero attached hydrogens (tertiary/aromatic N) is 2. The second-order valence-corrected chi connectivity index (χ2v) is 5.30. The van der Waals surface area contributed by atoms with Crippen LogP contribution in [0.15, 0.2) is 18.2 Å². The molecule has 114 valence electrons. The van der Waals surface area contributed by atoms with E-state index in [1.807, 2.05) is 6.07 Å². The van der Waals surface area contributed by atoms with Gasteiger partial charge >= 0.3 is 6.09 Å². The zero-order valence-corrected chi connectivity index (χ0v) is 11.9. The van der Waals surface area contributed by atoms with Gasteiger partial charge < -0.3 is 15.3 Å². The van der Waals surface area contributed by atoms with Crippen LogP contribution in [0.1, 0.15) is 24.0 Å². The lowest BCUT2D eigenvalue weighted by molar-refractivity contribution is -0.385. The van der Waals surface area contributed by atoms with Gasteiger partial charge in [-0.15, -0.1) is 0 Å². The molecule has 1 saturated heterocycles. The molecular weight excluding hydrogens is 274 g/mol. The van der Waals surface area contributed by atoms with Crippen molar-refractivity contribution in [2.75, 3.05) is 13.1 Å². The molecule has 1 aromatic rings. The largest absolute Gasteiger partial charge is 0.465 e. The lowest BCUT2D eigenvalue weighted by Gasteiger charge is -2.30. The SMILES string of the molecule is Cc1ccc(CNC2CCN(C(=O)O)CC2)cc1[N+](=O)[O-]. The van der Waals surface area contributed by atoms with Crippen LogP contribution in [0, 0.1) is 17.0 Å². The van der Waals surface area contributed by atoms with Crippen molar-refractivity contribution in [3.05, 3.63) is 39.4 Å². The van der Waals surface area contributed by atoms with Gasteiger partial charge in [-0.25, -0.2) is 4.79 Å². The minimum atomic E-state index is -0.873. The number of nitro groups is 1. The summed E-state index contributed by atoms with van der Waals surface area (Å²) < 4.78 is 0. The number of carbonyl (C=O) groups is 1. The molecule has 0 aromatic heterocycles. The molecule has 1 aliphatic rings. The predicted octanol–water partition coefficient (Wildman–Crippen LogP) is 2.14. The van der Waals surface area contributed by atoms with Crippen molar-refractivity contribution < 1.29 is 14.8 Å². The number of aryl methyl sites for hydroxylation is 1. The summed E-state index contributed by atoms with van der Waals surface area (Å²) in [4.78, 5) is 22.8. The van der Waals surface area contributed by atoms with Crippen LogP contribution in [0.5, 0.6) is 0 Å². The number of nitro benzene ring substituents is 1. The average Bonchev–Trinajstić information content (AvgIpc) is 2.46. The van der Waals surface area contributed by atoms with Gasteiger partial charge in [0.25, 0.3) is 5.69 Å². The number of carboxylic acid groups (broad SMARTS) is 1. The van der Waals surface area contributed by atoms with Crippen LogP contribution in [-0.2, 0) is 6.54 Å². The van der Waals surface area contributed by atoms with Gasteiger partial charge in [-0.1, -0.05) is 12.1 Å². The lowest BCUT2D eigenvalue weighted by atomic mass is 10.0. The van der Waals surface area contributed by atoms with Crippen LogP contribution in [0.25, 0.3) is 0 Å². The molecule has 1 heterocycles. The number of nitrogens with one attached hydrogen (secondary N) is 1. The molecule has 2 rings (SSSR count). The number of piperidine rings is 1. The van der Waals surface area contributed by atoms with Crippen LogP contribution in [0.2, 0.25) is 0 Å². The van der Waals surface area contributed by atoms with Crippen LogP contribution in [0.3, 0.4) is 0 Å². The van der Waals surface area contributed by atoms with Gasteiger partial charge in [0, 0.05) is 37.3 Å². The number of rotatable bonds is 4. The molecule has 1 amide bonds. The molecule has 1 aliphatic heterocycles. The highest BCUT2D eigenvalue weighted by Crippen LogP contribution is 2.19. The maximum Gasteiger partial charge on any atom is 0.407 e. The summed E-state index contributed by atoms with van der Waals surface area (Å²) in [6, 6.07) is 5.47. The Labute approximate surface area is 122 Å². The van der Waals surface area contributed by atoms with Crippen molar-refractivity contribution >= 4 is 11.8 Å². The van der Waals surface area contributed by atoms with Crippen LogP contribution >= 0.6 is 0 Å². The van der Waals surface area contributed by atoms with Gasteiger partial charge in [0.2, 0.25) is 0 Å². The Hall–Kier alpha value is -2.15. The lowest BCUT2D eigenvalue weighted by Crippen LogP contribution is -2.44. The Bertz CT molecular complexity index is 539. The maximum atomic E-state index is 10.9. The van der Waals surface area contributed by atoms with E-state index < -0.39 is 6.09 Å². The fraction of sp³-hybridized carbons (Fsp3) is 0.500. The fourth-order valence-corrected chi connectivity index (χ4v) is 2.50. The van der Waals surface area contributed by atoms with E-state index in [0.29, 0.717) is 25.2 Å². The summed E-state index contributed by atoms with van der Waals surface area (Å²) in [6.07, 6.45) is 0.656. The second-order valence-electron chi connectivity index (χ2n) is 5.30. The van der Waals surface area contributed by atoms with E-state index in [-0.39, 0.29) is 16.7 Å². The summed E-state index contributed by atoms with van der Waals surface area (Å²) in [5.41, 5.74) is 1.65. The van der Waals surface area contributed by atoms with E-state index in [4.69, 9.17) is 5.11 Å². The van der Waals surface area contributed by atoms with Gasteiger partial charge in [0.15, 0.2) is 0 Å². The highest BCUT2D eigenvalue weighted by atomic mass is 16.6. The summed E-state index contributed by atoms with van der Waals surface area (Å²) in [6.45, 7) is 3.33. The van der Waals surface area contributed by atoms with Crippen LogP contribution in [0.4, 0.5) is 10.5 Å². The Morgan fingerprint density at radius 3 is 2.71 bits per heavy atom. The molecule has 7 heteroatoms. The summed E-state index contributed by atoms with van der Waals surface area (Å²) in [7, 11) is 0. The highest BCUT2D eigenvalue weighted by molar-refractivity contribution is 5.65. The van der Waals surface area contributed by atoms with E-state index in [2.05, 4.69) is 5.32 Å². The molecule has 0 saturated carbocycles. The van der Waals surface area contributed by atoms with Gasteiger partial charge in [-0.2, -0.15) is 0 Å². The van der Waals surface area contributed by atoms with Crippen molar-refractivity contribution in [2.45, 2.75) is 32.4 Å². The molecule has 1 fully saturated rings. The molecule has 0 atom stereocenters. The summed E-state index contributed by atoms with van der Waals surface area (Å²) in [5, 5.41) is 23.1. The van der Waals surface area contributed by atoms with Crippen LogP contribution < -0.4 is 5.32 Å². The molecule has 0 bridgehead atoms. The molecule has 7 nitrogen and oxygen atoms in total. The monoisotopic (exact) mass is 293 g/mol. The zero-order valence-electron chi connectivity index (χ0n) is 11.9. The van der Waals surface area contributed by atoms with Gasteiger partial charge in [0.05, 0.1) is 4.92 Å². The Morgan fingerprint density at radius 1 is 1.48 bits per heavy atom. The van der Waals surface area contributed by atoms with E-state index >= 15 is 0 Å². The van der Waals surface area contributed by atoms with Crippen molar-refractivity contribution in [1.29, 1.82) is 0 Å². The number of hydrogen-bond acceptors (Lipinski definition) is 4. The highest BCUT2D eigenvalue weighted by Gasteiger charge is 2.21. The van der Waals surface area contributed by atoms with Crippen LogP contribution in [-0.4, -0.2) is 40.2 Å². The van der Waals surface area contributed by atoms with Gasteiger partial charge in [-0.3, -0.25) is 10.1 Å². The third-order valence-electron chi connectivity index (χ3n) is 3.83. The number of hydrogen-bond donors (Lipinski definition) is 2. The smallest absolute Gasteiger partial charge is 0.407 e. The summed E-state index contributed by atoms with van der Waals surface area (Å²) >= 11 is 0. The third kappa shape index (κ3) is 3.91. The molecule has 0 unspecified atom stereocenters. The van der Waals surface area contributed by atoms with E-state index in [0.717, 1.165) is 18.4 Å². The van der Waals surface area contributed by atoms with Gasteiger partial charge in [0.1, 0.15) is 0 Å². The van der Waals surface area contributed by atoms with Crippen molar-refractivity contribution in [3.63, 3.8) is 0 Å². The summed E-state index contributed by atoms with van der Waals surface area (Å²) in [5.74, 6) is 0. The van der Waals surface area contributed by atoms with Crippen molar-refractivity contribution in [2.24, 2.45) is 0 Å². The molecular formula is C14H19N3O4. The Balaban J connectivity index is 1.88. The quantitative estimate of drug-likeness (QED) is 0.655. The molecule has 1 aromatic carbocycles. The van der Waals surface area contributed by atoms with Crippen molar-refractivity contribution in [1.82, 2.24) is 10.2 Å². The average molecular weight is 293 g/mol. The first-order chi connectivity index (χ1) is 9.97. The zero-order chi connectivity index (χ0) is 15.4. The minimum Gasteiger partial charge on any atom is -0.465 e. The Kier molecular flexibility index (Phi) is 4.74. The first kappa shape index (κ1) is 15.2. The second kappa shape index (κ2) is 6.53. The van der Waals surface area contributed by atoms with Gasteiger partial charge in [-0.05, 0) is 25.3 Å². The molecule has 2 N–H and O–H groups in total. The van der Waals surface area contributed by atoms with E-state index in [1.54, 1.807) is 19.1 Å². The first-order valence-corrected chi connectivity index (χ1v) is 6.92. The molecule has 0 aliphatic carbocycles. The number of benzene rings is 1. The number of amides is 1. The molecule has 21 heavy (non-hydrogen) atoms. The first-order valence-electron chi connectivity index (χ1n) is 6.92. The molecule has 0 radical (unpaired) electrons.